The zero-order chi connectivity index (χ0) is 13.7. The van der Waals surface area contributed by atoms with Gasteiger partial charge in [-0.1, -0.05) is 40.2 Å². The van der Waals surface area contributed by atoms with Gasteiger partial charge in [-0.3, -0.25) is 0 Å². The van der Waals surface area contributed by atoms with E-state index < -0.39 is 0 Å². The Morgan fingerprint density at radius 3 is 2.11 bits per heavy atom. The van der Waals surface area contributed by atoms with Crippen molar-refractivity contribution in [1.82, 2.24) is 4.84 Å². The van der Waals surface area contributed by atoms with Gasteiger partial charge in [-0.05, 0) is 54.1 Å². The lowest BCUT2D eigenvalue weighted by Crippen LogP contribution is -2.24. The van der Waals surface area contributed by atoms with Crippen LogP contribution in [0.25, 0.3) is 11.1 Å². The van der Waals surface area contributed by atoms with Gasteiger partial charge in [0, 0.05) is 4.47 Å². The van der Waals surface area contributed by atoms with E-state index >= 15 is 0 Å². The molecule has 0 aliphatic heterocycles. The highest BCUT2D eigenvalue weighted by Gasteiger charge is 2.02. The lowest BCUT2D eigenvalue weighted by Gasteiger charge is -2.11. The highest BCUT2D eigenvalue weighted by atomic mass is 79.9. The highest BCUT2D eigenvalue weighted by Crippen LogP contribution is 2.24. The minimum absolute atomic E-state index is 0.118. The summed E-state index contributed by atoms with van der Waals surface area (Å²) in [4.78, 5) is 2.62. The lowest BCUT2D eigenvalue weighted by atomic mass is 10.1. The van der Waals surface area contributed by atoms with Crippen molar-refractivity contribution in [2.75, 3.05) is 6.61 Å². The van der Waals surface area contributed by atoms with Crippen molar-refractivity contribution in [3.63, 3.8) is 0 Å². The molecule has 1 unspecified atom stereocenters. The normalized spacial score (nSPS) is 12.2. The molecule has 0 heterocycles. The van der Waals surface area contributed by atoms with Crippen LogP contribution in [0.3, 0.4) is 0 Å². The molecule has 100 valence electrons. The third-order valence-electron chi connectivity index (χ3n) is 2.72. The predicted octanol–water partition coefficient (Wildman–Crippen LogP) is 4.63. The molecule has 1 atom stereocenters. The van der Waals surface area contributed by atoms with Crippen LogP contribution < -0.4 is 9.57 Å². The first kappa shape index (κ1) is 14.4. The van der Waals surface area contributed by atoms with Gasteiger partial charge in [0.25, 0.3) is 0 Å². The van der Waals surface area contributed by atoms with Crippen LogP contribution in [0.5, 0.6) is 5.75 Å². The molecular weight excluding hydrogens is 326 g/mol. The lowest BCUT2D eigenvalue weighted by molar-refractivity contribution is 0.289. The molecule has 0 aliphatic carbocycles. The van der Waals surface area contributed by atoms with Crippen molar-refractivity contribution in [2.45, 2.75) is 13.0 Å². The largest absolute Gasteiger partial charge is 0.492 e. The fourth-order valence-electron chi connectivity index (χ4n) is 1.64. The Hall–Kier alpha value is -1.03. The van der Waals surface area contributed by atoms with Crippen LogP contribution in [-0.2, 0) is 0 Å². The summed E-state index contributed by atoms with van der Waals surface area (Å²) in [7, 11) is 0. The van der Waals surface area contributed by atoms with Crippen LogP contribution >= 0.6 is 27.7 Å². The summed E-state index contributed by atoms with van der Waals surface area (Å²) in [6.45, 7) is 2.50. The van der Waals surface area contributed by atoms with Gasteiger partial charge in [0.2, 0.25) is 0 Å². The summed E-state index contributed by atoms with van der Waals surface area (Å²) >= 11 is 8.94. The predicted molar refractivity (Wildman–Crippen MR) is 83.5 cm³/mol. The molecule has 0 fully saturated rings. The van der Waals surface area contributed by atoms with Gasteiger partial charge in [0.1, 0.15) is 12.4 Å². The number of benzene rings is 2. The molecule has 2 rings (SSSR count). The standard InChI is InChI=1S/C15H15BrClNO/c1-11(18-17)10-19-15-8-4-13(5-9-15)12-2-6-14(16)7-3-12/h2-9,11,18H,10H2,1H3. The Bertz CT molecular complexity index is 513. The Balaban J connectivity index is 2.04. The van der Waals surface area contributed by atoms with Crippen molar-refractivity contribution < 1.29 is 4.74 Å². The summed E-state index contributed by atoms with van der Waals surface area (Å²) in [6.07, 6.45) is 0. The van der Waals surface area contributed by atoms with Crippen molar-refractivity contribution in [3.05, 3.63) is 53.0 Å². The third-order valence-corrected chi connectivity index (χ3v) is 3.62. The van der Waals surface area contributed by atoms with Gasteiger partial charge >= 0.3 is 0 Å². The van der Waals surface area contributed by atoms with Crippen LogP contribution in [0.2, 0.25) is 0 Å². The van der Waals surface area contributed by atoms with Gasteiger partial charge in [-0.2, -0.15) is 0 Å². The zero-order valence-corrected chi connectivity index (χ0v) is 12.9. The van der Waals surface area contributed by atoms with Gasteiger partial charge in [-0.25, -0.2) is 4.84 Å². The van der Waals surface area contributed by atoms with E-state index in [0.717, 1.165) is 10.2 Å². The molecule has 0 radical (unpaired) electrons. The van der Waals surface area contributed by atoms with E-state index in [9.17, 15) is 0 Å². The molecular formula is C15H15BrClNO. The molecule has 0 aromatic heterocycles. The third kappa shape index (κ3) is 4.23. The van der Waals surface area contributed by atoms with Crippen molar-refractivity contribution in [3.8, 4) is 16.9 Å². The van der Waals surface area contributed by atoms with Crippen molar-refractivity contribution in [1.29, 1.82) is 0 Å². The number of halogens is 2. The first-order valence-corrected chi connectivity index (χ1v) is 7.21. The van der Waals surface area contributed by atoms with E-state index in [0.29, 0.717) is 6.61 Å². The second-order valence-corrected chi connectivity index (χ2v) is 5.49. The molecule has 0 spiro atoms. The quantitative estimate of drug-likeness (QED) is 0.801. The maximum Gasteiger partial charge on any atom is 0.119 e. The van der Waals surface area contributed by atoms with E-state index in [1.807, 2.05) is 31.2 Å². The number of rotatable bonds is 5. The molecule has 0 saturated heterocycles. The molecule has 4 heteroatoms. The SMILES string of the molecule is CC(COc1ccc(-c2ccc(Br)cc2)cc1)NCl. The van der Waals surface area contributed by atoms with Crippen LogP contribution in [0.1, 0.15) is 6.92 Å². The smallest absolute Gasteiger partial charge is 0.119 e. The molecule has 0 aliphatic rings. The van der Waals surface area contributed by atoms with Crippen LogP contribution in [-0.4, -0.2) is 12.6 Å². The number of hydrogen-bond donors (Lipinski definition) is 1. The van der Waals surface area contributed by atoms with E-state index in [-0.39, 0.29) is 6.04 Å². The molecule has 19 heavy (non-hydrogen) atoms. The number of hydrogen-bond acceptors (Lipinski definition) is 2. The zero-order valence-electron chi connectivity index (χ0n) is 10.6. The Morgan fingerprint density at radius 1 is 1.05 bits per heavy atom. The van der Waals surface area contributed by atoms with Crippen molar-refractivity contribution in [2.24, 2.45) is 0 Å². The number of nitrogens with one attached hydrogen (secondary N) is 1. The van der Waals surface area contributed by atoms with Gasteiger partial charge in [0.05, 0.1) is 6.04 Å². The van der Waals surface area contributed by atoms with E-state index in [2.05, 4.69) is 45.0 Å². The van der Waals surface area contributed by atoms with E-state index in [1.54, 1.807) is 0 Å². The average molecular weight is 341 g/mol. The molecule has 0 amide bonds. The van der Waals surface area contributed by atoms with Gasteiger partial charge < -0.3 is 4.74 Å². The second kappa shape index (κ2) is 6.94. The van der Waals surface area contributed by atoms with Crippen molar-refractivity contribution >= 4 is 27.7 Å². The maximum absolute atomic E-state index is 5.61. The molecule has 1 N–H and O–H groups in total. The second-order valence-electron chi connectivity index (χ2n) is 4.35. The average Bonchev–Trinajstić information content (AvgIpc) is 2.46. The minimum atomic E-state index is 0.118. The molecule has 2 nitrogen and oxygen atoms in total. The molecule has 0 bridgehead atoms. The summed E-state index contributed by atoms with van der Waals surface area (Å²) in [5.41, 5.74) is 2.36. The first-order chi connectivity index (χ1) is 9.19. The van der Waals surface area contributed by atoms with Gasteiger partial charge in [-0.15, -0.1) is 0 Å². The Kier molecular flexibility index (Phi) is 5.25. The summed E-state index contributed by atoms with van der Waals surface area (Å²) in [6, 6.07) is 16.4. The van der Waals surface area contributed by atoms with E-state index in [1.165, 1.54) is 11.1 Å². The topological polar surface area (TPSA) is 21.3 Å². The summed E-state index contributed by atoms with van der Waals surface area (Å²) in [5.74, 6) is 0.847. The fraction of sp³-hybridized carbons (Fsp3) is 0.200. The van der Waals surface area contributed by atoms with E-state index in [4.69, 9.17) is 16.5 Å². The van der Waals surface area contributed by atoms with Crippen LogP contribution in [0.15, 0.2) is 53.0 Å². The maximum atomic E-state index is 5.61. The van der Waals surface area contributed by atoms with Crippen LogP contribution in [0, 0.1) is 0 Å². The first-order valence-electron chi connectivity index (χ1n) is 6.04. The Morgan fingerprint density at radius 2 is 1.58 bits per heavy atom. The van der Waals surface area contributed by atoms with Gasteiger partial charge in [0.15, 0.2) is 0 Å². The molecule has 2 aromatic carbocycles. The highest BCUT2D eigenvalue weighted by molar-refractivity contribution is 9.10. The monoisotopic (exact) mass is 339 g/mol. The minimum Gasteiger partial charge on any atom is -0.492 e. The summed E-state index contributed by atoms with van der Waals surface area (Å²) in [5, 5.41) is 0. The summed E-state index contributed by atoms with van der Waals surface area (Å²) < 4.78 is 6.70. The molecule has 2 aromatic rings. The Labute approximate surface area is 127 Å². The number of ether oxygens (including phenoxy) is 1. The fourth-order valence-corrected chi connectivity index (χ4v) is 1.97. The molecule has 0 saturated carbocycles. The van der Waals surface area contributed by atoms with Crippen LogP contribution in [0.4, 0.5) is 0 Å².